The molecular formula is C9H14N+. The molecule has 0 aromatic rings. The number of hydrogen-bond acceptors (Lipinski definition) is 0. The summed E-state index contributed by atoms with van der Waals surface area (Å²) in [7, 11) is 0. The van der Waals surface area contributed by atoms with Crippen LogP contribution in [0, 0.1) is 24.7 Å². The first kappa shape index (κ1) is 9.08. The van der Waals surface area contributed by atoms with Gasteiger partial charge in [0.25, 0.3) is 0 Å². The summed E-state index contributed by atoms with van der Waals surface area (Å²) in [4.78, 5) is 1.31. The second-order valence-corrected chi connectivity index (χ2v) is 2.26. The Kier molecular flexibility index (Phi) is 5.63. The molecule has 0 aliphatic carbocycles. The molecule has 54 valence electrons. The lowest BCUT2D eigenvalue weighted by molar-refractivity contribution is -0.885. The Bertz CT molecular complexity index is 131. The molecule has 0 aliphatic rings. The monoisotopic (exact) mass is 136 g/mol. The van der Waals surface area contributed by atoms with E-state index in [9.17, 15) is 0 Å². The summed E-state index contributed by atoms with van der Waals surface area (Å²) in [6.07, 6.45) is 11.4. The molecule has 0 aliphatic heterocycles. The van der Waals surface area contributed by atoms with Gasteiger partial charge in [-0.05, 0) is 18.3 Å². The van der Waals surface area contributed by atoms with Gasteiger partial charge in [-0.2, -0.15) is 0 Å². The number of quaternary nitrogens is 1. The van der Waals surface area contributed by atoms with Crippen LogP contribution in [-0.2, 0) is 0 Å². The highest BCUT2D eigenvalue weighted by molar-refractivity contribution is 4.85. The van der Waals surface area contributed by atoms with Crippen molar-refractivity contribution in [1.29, 1.82) is 0 Å². The molecule has 0 saturated heterocycles. The first-order valence-electron chi connectivity index (χ1n) is 3.55. The molecule has 0 aromatic carbocycles. The zero-order valence-electron chi connectivity index (χ0n) is 6.48. The molecular weight excluding hydrogens is 122 g/mol. The molecule has 0 aromatic heterocycles. The average Bonchev–Trinajstić information content (AvgIpc) is 1.90. The summed E-state index contributed by atoms with van der Waals surface area (Å²) < 4.78 is 0. The largest absolute Gasteiger partial charge is 0.315 e. The van der Waals surface area contributed by atoms with E-state index >= 15 is 0 Å². The zero-order chi connectivity index (χ0) is 7.82. The van der Waals surface area contributed by atoms with Crippen molar-refractivity contribution in [3.05, 3.63) is 0 Å². The molecule has 0 rings (SSSR count). The van der Waals surface area contributed by atoms with Crippen LogP contribution in [0.15, 0.2) is 0 Å². The first-order valence-corrected chi connectivity index (χ1v) is 3.55. The highest BCUT2D eigenvalue weighted by Gasteiger charge is 2.00. The summed E-state index contributed by atoms with van der Waals surface area (Å²) in [5, 5.41) is 0. The van der Waals surface area contributed by atoms with E-state index in [0.29, 0.717) is 0 Å². The Hall–Kier alpha value is -0.920. The van der Waals surface area contributed by atoms with Crippen LogP contribution in [0.5, 0.6) is 0 Å². The van der Waals surface area contributed by atoms with Gasteiger partial charge in [-0.1, -0.05) is 6.92 Å². The van der Waals surface area contributed by atoms with Crippen LogP contribution in [0.25, 0.3) is 0 Å². The Morgan fingerprint density at radius 2 is 1.70 bits per heavy atom. The van der Waals surface area contributed by atoms with Crippen molar-refractivity contribution in [2.75, 3.05) is 19.6 Å². The third kappa shape index (κ3) is 4.01. The molecule has 1 N–H and O–H groups in total. The lowest BCUT2D eigenvalue weighted by Gasteiger charge is -2.11. The van der Waals surface area contributed by atoms with Crippen LogP contribution in [-0.4, -0.2) is 19.6 Å². The average molecular weight is 136 g/mol. The summed E-state index contributed by atoms with van der Waals surface area (Å²) in [5.41, 5.74) is 0. The molecule has 10 heavy (non-hydrogen) atoms. The van der Waals surface area contributed by atoms with Gasteiger partial charge < -0.3 is 4.90 Å². The van der Waals surface area contributed by atoms with Gasteiger partial charge in [-0.3, -0.25) is 0 Å². The van der Waals surface area contributed by atoms with Crippen LogP contribution < -0.4 is 4.90 Å². The topological polar surface area (TPSA) is 4.44 Å². The van der Waals surface area contributed by atoms with Crippen molar-refractivity contribution in [3.63, 3.8) is 0 Å². The molecule has 0 bridgehead atoms. The van der Waals surface area contributed by atoms with Crippen molar-refractivity contribution < 1.29 is 4.90 Å². The zero-order valence-corrected chi connectivity index (χ0v) is 6.48. The van der Waals surface area contributed by atoms with Crippen LogP contribution in [0.3, 0.4) is 0 Å². The summed E-state index contributed by atoms with van der Waals surface area (Å²) in [6.45, 7) is 4.71. The second kappa shape index (κ2) is 6.20. The molecule has 0 saturated carbocycles. The van der Waals surface area contributed by atoms with Crippen molar-refractivity contribution in [3.8, 4) is 24.7 Å². The van der Waals surface area contributed by atoms with Gasteiger partial charge >= 0.3 is 0 Å². The maximum Gasteiger partial charge on any atom is 0.139 e. The van der Waals surface area contributed by atoms with Crippen LogP contribution in [0.4, 0.5) is 0 Å². The van der Waals surface area contributed by atoms with Gasteiger partial charge in [0, 0.05) is 0 Å². The molecule has 0 heterocycles. The lowest BCUT2D eigenvalue weighted by Crippen LogP contribution is -3.11. The summed E-state index contributed by atoms with van der Waals surface area (Å²) >= 11 is 0. The molecule has 1 heteroatoms. The minimum atomic E-state index is 0.748. The Morgan fingerprint density at radius 1 is 1.20 bits per heavy atom. The van der Waals surface area contributed by atoms with E-state index in [1.54, 1.807) is 0 Å². The van der Waals surface area contributed by atoms with Crippen LogP contribution >= 0.6 is 0 Å². The van der Waals surface area contributed by atoms with Gasteiger partial charge in [-0.25, -0.2) is 0 Å². The maximum atomic E-state index is 5.15. The smallest absolute Gasteiger partial charge is 0.139 e. The van der Waals surface area contributed by atoms with Crippen molar-refractivity contribution in [2.24, 2.45) is 0 Å². The number of terminal acetylenes is 2. The van der Waals surface area contributed by atoms with E-state index in [4.69, 9.17) is 12.8 Å². The fourth-order valence-corrected chi connectivity index (χ4v) is 0.882. The van der Waals surface area contributed by atoms with Crippen LogP contribution in [0.1, 0.15) is 13.3 Å². The molecule has 0 fully saturated rings. The van der Waals surface area contributed by atoms with E-state index in [1.807, 2.05) is 0 Å². The van der Waals surface area contributed by atoms with E-state index in [-0.39, 0.29) is 0 Å². The third-order valence-electron chi connectivity index (χ3n) is 1.31. The van der Waals surface area contributed by atoms with Gasteiger partial charge in [0.1, 0.15) is 13.1 Å². The molecule has 0 atom stereocenters. The quantitative estimate of drug-likeness (QED) is 0.499. The molecule has 0 spiro atoms. The van der Waals surface area contributed by atoms with Crippen molar-refractivity contribution >= 4 is 0 Å². The second-order valence-electron chi connectivity index (χ2n) is 2.26. The molecule has 0 amide bonds. The Labute approximate surface area is 63.4 Å². The normalized spacial score (nSPS) is 8.80. The maximum absolute atomic E-state index is 5.15. The molecule has 1 nitrogen and oxygen atoms in total. The fourth-order valence-electron chi connectivity index (χ4n) is 0.882. The Morgan fingerprint density at radius 3 is 2.00 bits per heavy atom. The van der Waals surface area contributed by atoms with Crippen molar-refractivity contribution in [2.45, 2.75) is 13.3 Å². The van der Waals surface area contributed by atoms with Crippen LogP contribution in [0.2, 0.25) is 0 Å². The number of hydrogen-bond donors (Lipinski definition) is 1. The van der Waals surface area contributed by atoms with Gasteiger partial charge in [-0.15, -0.1) is 12.8 Å². The third-order valence-corrected chi connectivity index (χ3v) is 1.31. The standard InChI is InChI=1S/C9H13N/c1-4-7-10(8-5-2)9-6-3/h1-2H,6-9H2,3H3/p+1. The number of rotatable bonds is 4. The lowest BCUT2D eigenvalue weighted by atomic mass is 10.4. The fraction of sp³-hybridized carbons (Fsp3) is 0.556. The highest BCUT2D eigenvalue weighted by atomic mass is 15.1. The first-order chi connectivity index (χ1) is 4.85. The van der Waals surface area contributed by atoms with E-state index < -0.39 is 0 Å². The van der Waals surface area contributed by atoms with E-state index in [2.05, 4.69) is 18.8 Å². The molecule has 0 unspecified atom stereocenters. The predicted molar refractivity (Wildman–Crippen MR) is 43.5 cm³/mol. The minimum absolute atomic E-state index is 0.748. The van der Waals surface area contributed by atoms with Gasteiger partial charge in [0.2, 0.25) is 0 Å². The Balaban J connectivity index is 3.54. The summed E-state index contributed by atoms with van der Waals surface area (Å²) in [5.74, 6) is 5.21. The SMILES string of the molecule is C#CC[NH+](CC#C)CCC. The minimum Gasteiger partial charge on any atom is -0.315 e. The van der Waals surface area contributed by atoms with Gasteiger partial charge in [0.05, 0.1) is 6.54 Å². The predicted octanol–water partition coefficient (Wildman–Crippen LogP) is -0.452. The number of nitrogens with one attached hydrogen (secondary N) is 1. The van der Waals surface area contributed by atoms with Crippen molar-refractivity contribution in [1.82, 2.24) is 0 Å². The van der Waals surface area contributed by atoms with Gasteiger partial charge in [0.15, 0.2) is 0 Å². The molecule has 0 radical (unpaired) electrons. The highest BCUT2D eigenvalue weighted by Crippen LogP contribution is 1.62. The summed E-state index contributed by atoms with van der Waals surface area (Å²) in [6, 6.07) is 0. The van der Waals surface area contributed by atoms with E-state index in [1.165, 1.54) is 4.90 Å². The van der Waals surface area contributed by atoms with E-state index in [0.717, 1.165) is 26.1 Å².